The monoisotopic (exact) mass is 1130 g/mol. The summed E-state index contributed by atoms with van der Waals surface area (Å²) in [7, 11) is 0. The second-order valence-corrected chi connectivity index (χ2v) is 23.5. The van der Waals surface area contributed by atoms with E-state index in [4.69, 9.17) is 9.47 Å². The Morgan fingerprint density at radius 2 is 1.19 bits per heavy atom. The third-order valence-electron chi connectivity index (χ3n) is 13.3. The van der Waals surface area contributed by atoms with Gasteiger partial charge in [-0.3, -0.25) is 24.0 Å². The molecule has 0 spiro atoms. The van der Waals surface area contributed by atoms with E-state index < -0.39 is 58.4 Å². The van der Waals surface area contributed by atoms with Crippen molar-refractivity contribution in [3.05, 3.63) is 228 Å². The molecule has 81 heavy (non-hydrogen) atoms. The van der Waals surface area contributed by atoms with Crippen LogP contribution in [0.5, 0.6) is 0 Å². The Morgan fingerprint density at radius 1 is 0.642 bits per heavy atom. The Kier molecular flexibility index (Phi) is 24.6. The first-order valence-corrected chi connectivity index (χ1v) is 29.5. The minimum atomic E-state index is -1.24. The zero-order valence-electron chi connectivity index (χ0n) is 47.0. The van der Waals surface area contributed by atoms with Gasteiger partial charge in [0.15, 0.2) is 0 Å². The molecule has 0 saturated carbocycles. The van der Waals surface area contributed by atoms with Crippen LogP contribution in [0.2, 0.25) is 0 Å². The largest absolute Gasteiger partial charge is 0.461 e. The number of anilines is 1. The molecular formula is C67H77N3O9S2. The number of nitrogens with one attached hydrogen (secondary N) is 3. The number of carbonyl (C=O) groups is 5. The molecule has 4 atom stereocenters. The Bertz CT molecular complexity index is 2840. The van der Waals surface area contributed by atoms with Crippen molar-refractivity contribution in [2.75, 3.05) is 23.4 Å². The molecule has 14 heteroatoms. The summed E-state index contributed by atoms with van der Waals surface area (Å²) in [5.41, 5.74) is 5.72. The second-order valence-electron chi connectivity index (χ2n) is 21.0. The molecular weight excluding hydrogens is 1050 g/mol. The fourth-order valence-electron chi connectivity index (χ4n) is 9.56. The fourth-order valence-corrected chi connectivity index (χ4v) is 12.0. The number of benzene rings is 6. The number of hydrogen-bond donors (Lipinski definition) is 5. The molecule has 0 aliphatic rings. The van der Waals surface area contributed by atoms with Crippen molar-refractivity contribution in [3.8, 4) is 0 Å². The van der Waals surface area contributed by atoms with Crippen LogP contribution in [0.25, 0.3) is 0 Å². The molecule has 426 valence electrons. The fraction of sp³-hybridized carbons (Fsp3) is 0.328. The average molecular weight is 1130 g/mol. The van der Waals surface area contributed by atoms with Gasteiger partial charge in [0.25, 0.3) is 0 Å². The summed E-state index contributed by atoms with van der Waals surface area (Å²) in [5.74, 6) is -2.33. The number of ether oxygens (including phenoxy) is 2. The number of hydrogen-bond acceptors (Lipinski definition) is 11. The summed E-state index contributed by atoms with van der Waals surface area (Å²) >= 11 is 3.14. The Balaban J connectivity index is 1.22. The van der Waals surface area contributed by atoms with E-state index in [0.29, 0.717) is 22.8 Å². The van der Waals surface area contributed by atoms with Crippen molar-refractivity contribution in [1.29, 1.82) is 0 Å². The number of para-hydroxylation sites is 1. The van der Waals surface area contributed by atoms with Crippen LogP contribution in [0.4, 0.5) is 5.69 Å². The van der Waals surface area contributed by atoms with Gasteiger partial charge in [-0.25, -0.2) is 0 Å². The Hall–Kier alpha value is -7.23. The van der Waals surface area contributed by atoms with Gasteiger partial charge in [-0.05, 0) is 84.7 Å². The maximum Gasteiger partial charge on any atom is 0.308 e. The van der Waals surface area contributed by atoms with Crippen molar-refractivity contribution in [2.24, 2.45) is 5.92 Å². The smallest absolute Gasteiger partial charge is 0.308 e. The van der Waals surface area contributed by atoms with Gasteiger partial charge in [0.2, 0.25) is 17.7 Å². The lowest BCUT2D eigenvalue weighted by molar-refractivity contribution is -0.155. The predicted molar refractivity (Wildman–Crippen MR) is 326 cm³/mol. The number of rotatable bonds is 30. The van der Waals surface area contributed by atoms with E-state index in [1.54, 1.807) is 38.6 Å². The zero-order valence-corrected chi connectivity index (χ0v) is 48.6. The van der Waals surface area contributed by atoms with Gasteiger partial charge in [-0.15, -0.1) is 23.5 Å². The first kappa shape index (κ1) is 63.0. The molecule has 12 nitrogen and oxygen atoms in total. The second kappa shape index (κ2) is 31.7. The van der Waals surface area contributed by atoms with Crippen LogP contribution in [-0.4, -0.2) is 87.9 Å². The van der Waals surface area contributed by atoms with Gasteiger partial charge < -0.3 is 35.6 Å². The highest BCUT2D eigenvalue weighted by atomic mass is 32.2. The summed E-state index contributed by atoms with van der Waals surface area (Å²) < 4.78 is 10.2. The predicted octanol–water partition coefficient (Wildman–Crippen LogP) is 11.9. The highest BCUT2D eigenvalue weighted by molar-refractivity contribution is 8.00. The zero-order chi connectivity index (χ0) is 58.2. The van der Waals surface area contributed by atoms with Crippen LogP contribution < -0.4 is 16.0 Å². The van der Waals surface area contributed by atoms with Gasteiger partial charge in [0.1, 0.15) is 18.2 Å². The number of aliphatic hydroxyl groups excluding tert-OH is 2. The summed E-state index contributed by atoms with van der Waals surface area (Å²) in [6, 6.07) is 54.7. The van der Waals surface area contributed by atoms with E-state index in [1.807, 2.05) is 153 Å². The molecule has 0 heterocycles. The molecule has 6 aromatic carbocycles. The van der Waals surface area contributed by atoms with Gasteiger partial charge in [0, 0.05) is 29.4 Å². The topological polar surface area (TPSA) is 180 Å². The number of allylic oxidation sites excluding steroid dienone is 1. The summed E-state index contributed by atoms with van der Waals surface area (Å²) in [6.45, 7) is 12.5. The molecule has 3 amide bonds. The average Bonchev–Trinajstić information content (AvgIpc) is 3.54. The molecule has 6 aromatic rings. The van der Waals surface area contributed by atoms with E-state index in [9.17, 15) is 34.2 Å². The molecule has 0 unspecified atom stereocenters. The Morgan fingerprint density at radius 3 is 1.70 bits per heavy atom. The van der Waals surface area contributed by atoms with Crippen molar-refractivity contribution in [3.63, 3.8) is 0 Å². The normalized spacial score (nSPS) is 13.2. The first-order chi connectivity index (χ1) is 39.0. The maximum absolute atomic E-state index is 14.9. The van der Waals surface area contributed by atoms with Gasteiger partial charge in [-0.2, -0.15) is 0 Å². The molecule has 0 aromatic heterocycles. The van der Waals surface area contributed by atoms with Crippen LogP contribution in [0, 0.1) is 5.92 Å². The Labute approximate surface area is 486 Å². The van der Waals surface area contributed by atoms with E-state index in [0.717, 1.165) is 33.4 Å². The van der Waals surface area contributed by atoms with Crippen LogP contribution in [0.1, 0.15) is 112 Å². The van der Waals surface area contributed by atoms with Gasteiger partial charge in [0.05, 0.1) is 41.5 Å². The number of thioether (sulfide) groups is 2. The lowest BCUT2D eigenvalue weighted by atomic mass is 9.84. The van der Waals surface area contributed by atoms with Crippen molar-refractivity contribution in [1.82, 2.24) is 10.6 Å². The molecule has 0 saturated heterocycles. The van der Waals surface area contributed by atoms with Crippen LogP contribution in [0.15, 0.2) is 200 Å². The molecule has 0 aliphatic carbocycles. The van der Waals surface area contributed by atoms with E-state index in [1.165, 1.54) is 17.8 Å². The minimum Gasteiger partial charge on any atom is -0.461 e. The summed E-state index contributed by atoms with van der Waals surface area (Å²) in [4.78, 5) is 68.6. The van der Waals surface area contributed by atoms with E-state index in [-0.39, 0.29) is 62.2 Å². The molecule has 0 bridgehead atoms. The van der Waals surface area contributed by atoms with E-state index >= 15 is 0 Å². The molecule has 0 fully saturated rings. The number of aliphatic hydroxyl groups is 2. The quantitative estimate of drug-likeness (QED) is 0.00952. The van der Waals surface area contributed by atoms with Crippen molar-refractivity contribution >= 4 is 58.9 Å². The minimum absolute atomic E-state index is 0.00982. The highest BCUT2D eigenvalue weighted by Crippen LogP contribution is 2.49. The van der Waals surface area contributed by atoms with Crippen molar-refractivity contribution < 1.29 is 43.7 Å². The first-order valence-electron chi connectivity index (χ1n) is 27.6. The maximum atomic E-state index is 14.9. The van der Waals surface area contributed by atoms with Crippen LogP contribution in [-0.2, 0) is 38.2 Å². The molecule has 5 N–H and O–H groups in total. The molecule has 6 rings (SSSR count). The third-order valence-corrected chi connectivity index (χ3v) is 15.9. The molecule has 0 radical (unpaired) electrons. The van der Waals surface area contributed by atoms with E-state index in [2.05, 4.69) is 58.9 Å². The molecule has 0 aliphatic heterocycles. The van der Waals surface area contributed by atoms with Gasteiger partial charge in [-0.1, -0.05) is 202 Å². The summed E-state index contributed by atoms with van der Waals surface area (Å²) in [6.07, 6.45) is 2.22. The number of amides is 3. The van der Waals surface area contributed by atoms with Gasteiger partial charge >= 0.3 is 11.9 Å². The van der Waals surface area contributed by atoms with Crippen molar-refractivity contribution in [2.45, 2.75) is 119 Å². The highest BCUT2D eigenvalue weighted by Gasteiger charge is 2.37. The SMILES string of the molecule is C=CCOC(=O)C[C@H](O)[C@H](NC(=O)CCSc1cccc(C(c2ccccc2)c2ccccc2)c1NC(=O)[C@@H](CCC(=O)OC(C)(C)C)NC(=O)C[C@H](O)C=CCCSC(c1ccccc1)(c1ccccc1)c1ccccc1)C(C)C. The third kappa shape index (κ3) is 19.2. The lowest BCUT2D eigenvalue weighted by Gasteiger charge is -2.35. The number of esters is 2. The summed E-state index contributed by atoms with van der Waals surface area (Å²) in [5, 5.41) is 31.2. The number of carbonyl (C=O) groups excluding carboxylic acids is 5. The van der Waals surface area contributed by atoms with Crippen LogP contribution >= 0.6 is 23.5 Å². The lowest BCUT2D eigenvalue weighted by Crippen LogP contribution is -2.47. The standard InChI is InChI=1S/C67H77N3O9S2/c1-7-42-78-61(76)46-56(72)63(47(2)3)69-58(73)41-44-80-57-38-25-37-54(62(48-26-13-8-14-27-48)49-28-15-9-16-29-49)64(57)70-65(77)55(39-40-60(75)79-66(4,5)6)68-59(74)45-53(71)36-23-24-43-81-67(50-30-17-10-18-31-50,51-32-19-11-20-33-51)52-34-21-12-22-35-52/h7-23,25-38,47,53,55-56,62-63,71-72H,1,24,39-46H2,2-6H3,(H,68,74)(H,69,73)(H,70,77)/t53-,55-,56+,63-/m1/s1. The van der Waals surface area contributed by atoms with Crippen LogP contribution in [0.3, 0.4) is 0 Å².